The third-order valence-electron chi connectivity index (χ3n) is 4.58. The van der Waals surface area contributed by atoms with Gasteiger partial charge in [0.15, 0.2) is 0 Å². The fourth-order valence-corrected chi connectivity index (χ4v) is 4.17. The van der Waals surface area contributed by atoms with E-state index < -0.39 is 11.1 Å². The van der Waals surface area contributed by atoms with Crippen LogP contribution in [0.2, 0.25) is 10.0 Å². The second-order valence-electron chi connectivity index (χ2n) is 6.62. The Morgan fingerprint density at radius 2 is 1.91 bits per heavy atom. The van der Waals surface area contributed by atoms with Crippen LogP contribution in [0.25, 0.3) is 11.8 Å². The molecule has 0 radical (unpaired) electrons. The van der Waals surface area contributed by atoms with Crippen molar-refractivity contribution in [1.82, 2.24) is 25.0 Å². The van der Waals surface area contributed by atoms with Crippen LogP contribution in [-0.4, -0.2) is 49.8 Å². The number of rotatable bonds is 6. The Morgan fingerprint density at radius 1 is 1.12 bits per heavy atom. The molecule has 1 aliphatic rings. The Morgan fingerprint density at radius 3 is 2.62 bits per heavy atom. The highest BCUT2D eigenvalue weighted by Gasteiger charge is 2.34. The number of hydrogen-bond donors (Lipinski definition) is 1. The van der Waals surface area contributed by atoms with Crippen molar-refractivity contribution in [1.29, 1.82) is 0 Å². The molecule has 0 saturated carbocycles. The first-order chi connectivity index (χ1) is 15.4. The molecular formula is C21H15Cl2N5O3S. The Labute approximate surface area is 197 Å². The summed E-state index contributed by atoms with van der Waals surface area (Å²) in [6, 6.07) is 11.8. The molecule has 1 saturated heterocycles. The molecule has 1 aromatic heterocycles. The third-order valence-corrected chi connectivity index (χ3v) is 6.32. The van der Waals surface area contributed by atoms with Gasteiger partial charge in [0.25, 0.3) is 17.1 Å². The van der Waals surface area contributed by atoms with E-state index in [9.17, 15) is 14.4 Å². The van der Waals surface area contributed by atoms with Gasteiger partial charge in [0.1, 0.15) is 12.7 Å². The first-order valence-electron chi connectivity index (χ1n) is 9.36. The second-order valence-corrected chi connectivity index (χ2v) is 8.40. The van der Waals surface area contributed by atoms with Crippen molar-refractivity contribution in [2.75, 3.05) is 13.1 Å². The number of imide groups is 1. The molecule has 0 spiro atoms. The lowest BCUT2D eigenvalue weighted by Gasteiger charge is -2.13. The van der Waals surface area contributed by atoms with E-state index in [4.69, 9.17) is 23.2 Å². The number of thioether (sulfide) groups is 1. The Hall–Kier alpha value is -3.14. The molecule has 2 aromatic carbocycles. The zero-order valence-electron chi connectivity index (χ0n) is 16.4. The van der Waals surface area contributed by atoms with Crippen LogP contribution in [0.3, 0.4) is 0 Å². The molecule has 3 amide bonds. The molecular weight excluding hydrogens is 473 g/mol. The molecule has 0 aliphatic carbocycles. The fraction of sp³-hybridized carbons (Fsp3) is 0.0952. The lowest BCUT2D eigenvalue weighted by Crippen LogP contribution is -2.37. The first kappa shape index (κ1) is 22.1. The number of nitrogens with zero attached hydrogens (tertiary/aromatic N) is 4. The van der Waals surface area contributed by atoms with Gasteiger partial charge in [0.05, 0.1) is 20.6 Å². The second kappa shape index (κ2) is 9.56. The summed E-state index contributed by atoms with van der Waals surface area (Å²) in [6.45, 7) is 0.168. The monoisotopic (exact) mass is 487 g/mol. The van der Waals surface area contributed by atoms with E-state index in [2.05, 4.69) is 15.4 Å². The number of halogens is 2. The average Bonchev–Trinajstić information content (AvgIpc) is 3.41. The van der Waals surface area contributed by atoms with Gasteiger partial charge in [-0.25, -0.2) is 9.67 Å². The summed E-state index contributed by atoms with van der Waals surface area (Å²) in [5.74, 6) is -0.758. The molecule has 162 valence electrons. The molecule has 4 rings (SSSR count). The zero-order chi connectivity index (χ0) is 22.7. The summed E-state index contributed by atoms with van der Waals surface area (Å²) in [7, 11) is 0. The van der Waals surface area contributed by atoms with E-state index in [0.29, 0.717) is 21.2 Å². The van der Waals surface area contributed by atoms with Crippen molar-refractivity contribution in [2.24, 2.45) is 0 Å². The number of amides is 3. The van der Waals surface area contributed by atoms with Crippen molar-refractivity contribution < 1.29 is 14.4 Å². The zero-order valence-corrected chi connectivity index (χ0v) is 18.7. The summed E-state index contributed by atoms with van der Waals surface area (Å²) in [5.41, 5.74) is 1.76. The molecule has 1 N–H and O–H groups in total. The predicted molar refractivity (Wildman–Crippen MR) is 123 cm³/mol. The van der Waals surface area contributed by atoms with Crippen molar-refractivity contribution in [2.45, 2.75) is 0 Å². The SMILES string of the molecule is O=C(NCCN1C(=O)S/C(=C/c2cccc(Cl)c2Cl)C1=O)c1ccc(-n2cncn2)cc1. The van der Waals surface area contributed by atoms with Crippen LogP contribution in [0.4, 0.5) is 4.79 Å². The van der Waals surface area contributed by atoms with Crippen LogP contribution < -0.4 is 5.32 Å². The maximum atomic E-state index is 12.6. The quantitative estimate of drug-likeness (QED) is 0.526. The van der Waals surface area contributed by atoms with Crippen LogP contribution in [0.1, 0.15) is 15.9 Å². The number of benzene rings is 2. The topological polar surface area (TPSA) is 97.2 Å². The number of nitrogens with one attached hydrogen (secondary N) is 1. The summed E-state index contributed by atoms with van der Waals surface area (Å²) in [6.07, 6.45) is 4.51. The largest absolute Gasteiger partial charge is 0.350 e. The number of carbonyl (C=O) groups excluding carboxylic acids is 3. The lowest BCUT2D eigenvalue weighted by atomic mass is 10.2. The number of aromatic nitrogens is 3. The maximum Gasteiger partial charge on any atom is 0.293 e. The molecule has 1 aliphatic heterocycles. The smallest absolute Gasteiger partial charge is 0.293 e. The summed E-state index contributed by atoms with van der Waals surface area (Å²) < 4.78 is 1.58. The molecule has 1 fully saturated rings. The van der Waals surface area contributed by atoms with E-state index in [1.807, 2.05) is 0 Å². The lowest BCUT2D eigenvalue weighted by molar-refractivity contribution is -0.122. The highest BCUT2D eigenvalue weighted by molar-refractivity contribution is 8.18. The molecule has 8 nitrogen and oxygen atoms in total. The van der Waals surface area contributed by atoms with Crippen LogP contribution in [0.15, 0.2) is 60.0 Å². The highest BCUT2D eigenvalue weighted by Crippen LogP contribution is 2.34. The Kier molecular flexibility index (Phi) is 6.59. The van der Waals surface area contributed by atoms with Crippen LogP contribution in [-0.2, 0) is 4.79 Å². The van der Waals surface area contributed by atoms with Gasteiger partial charge in [-0.15, -0.1) is 0 Å². The standard InChI is InChI=1S/C21H15Cl2N5O3S/c22-16-3-1-2-14(18(16)23)10-17-20(30)27(21(31)32-17)9-8-25-19(29)13-4-6-15(7-5-13)28-12-24-11-26-28/h1-7,10-12H,8-9H2,(H,25,29)/b17-10+. The molecule has 0 bridgehead atoms. The minimum absolute atomic E-state index is 0.0497. The van der Waals surface area contributed by atoms with Crippen molar-refractivity contribution in [3.63, 3.8) is 0 Å². The van der Waals surface area contributed by atoms with E-state index in [1.165, 1.54) is 12.4 Å². The first-order valence-corrected chi connectivity index (χ1v) is 10.9. The van der Waals surface area contributed by atoms with E-state index >= 15 is 0 Å². The fourth-order valence-electron chi connectivity index (χ4n) is 2.96. The van der Waals surface area contributed by atoms with Gasteiger partial charge in [-0.1, -0.05) is 35.3 Å². The van der Waals surface area contributed by atoms with Crippen molar-refractivity contribution >= 4 is 58.1 Å². The van der Waals surface area contributed by atoms with E-state index in [-0.39, 0.29) is 23.9 Å². The summed E-state index contributed by atoms with van der Waals surface area (Å²) in [5, 5.41) is 7.00. The van der Waals surface area contributed by atoms with Gasteiger partial charge in [-0.05, 0) is 53.7 Å². The van der Waals surface area contributed by atoms with Gasteiger partial charge in [0.2, 0.25) is 0 Å². The van der Waals surface area contributed by atoms with Crippen LogP contribution in [0, 0.1) is 0 Å². The molecule has 0 atom stereocenters. The summed E-state index contributed by atoms with van der Waals surface area (Å²) in [4.78, 5) is 42.5. The van der Waals surface area contributed by atoms with E-state index in [0.717, 1.165) is 22.3 Å². The minimum Gasteiger partial charge on any atom is -0.350 e. The number of carbonyl (C=O) groups is 3. The van der Waals surface area contributed by atoms with Gasteiger partial charge < -0.3 is 5.32 Å². The van der Waals surface area contributed by atoms with Gasteiger partial charge in [0, 0.05) is 18.7 Å². The minimum atomic E-state index is -0.442. The predicted octanol–water partition coefficient (Wildman–Crippen LogP) is 4.04. The third kappa shape index (κ3) is 4.69. The number of hydrogen-bond acceptors (Lipinski definition) is 6. The summed E-state index contributed by atoms with van der Waals surface area (Å²) >= 11 is 13.0. The van der Waals surface area contributed by atoms with Crippen LogP contribution in [0.5, 0.6) is 0 Å². The average molecular weight is 488 g/mol. The van der Waals surface area contributed by atoms with Gasteiger partial charge >= 0.3 is 0 Å². The van der Waals surface area contributed by atoms with E-state index in [1.54, 1.807) is 53.5 Å². The molecule has 3 aromatic rings. The molecule has 11 heteroatoms. The van der Waals surface area contributed by atoms with Crippen molar-refractivity contribution in [3.05, 3.63) is 81.2 Å². The molecule has 2 heterocycles. The Bertz CT molecular complexity index is 1210. The Balaban J connectivity index is 1.35. The van der Waals surface area contributed by atoms with Crippen molar-refractivity contribution in [3.8, 4) is 5.69 Å². The van der Waals surface area contributed by atoms with Gasteiger partial charge in [-0.3, -0.25) is 19.3 Å². The molecule has 32 heavy (non-hydrogen) atoms. The maximum absolute atomic E-state index is 12.6. The highest BCUT2D eigenvalue weighted by atomic mass is 35.5. The molecule has 0 unspecified atom stereocenters. The van der Waals surface area contributed by atoms with Crippen LogP contribution >= 0.6 is 35.0 Å². The van der Waals surface area contributed by atoms with Gasteiger partial charge in [-0.2, -0.15) is 5.10 Å². The normalized spacial score (nSPS) is 14.9.